The fraction of sp³-hybridized carbons (Fsp3) is 0.882. The molecule has 0 bridgehead atoms. The highest BCUT2D eigenvalue weighted by Gasteiger charge is 2.30. The van der Waals surface area contributed by atoms with Gasteiger partial charge in [-0.05, 0) is 26.2 Å². The van der Waals surface area contributed by atoms with Gasteiger partial charge in [-0.25, -0.2) is 0 Å². The largest absolute Gasteiger partial charge is 0.380 e. The van der Waals surface area contributed by atoms with Crippen molar-refractivity contribution in [3.8, 4) is 0 Å². The molecule has 130 valence electrons. The Hall–Kier alpha value is -0.980. The van der Waals surface area contributed by atoms with Gasteiger partial charge in [0.05, 0.1) is 13.2 Å². The van der Waals surface area contributed by atoms with Crippen LogP contribution in [0.3, 0.4) is 0 Å². The van der Waals surface area contributed by atoms with E-state index in [2.05, 4.69) is 45.5 Å². The first kappa shape index (κ1) is 16.9. The molecule has 0 unspecified atom stereocenters. The Morgan fingerprint density at radius 3 is 2.70 bits per heavy atom. The van der Waals surface area contributed by atoms with Crippen LogP contribution in [-0.2, 0) is 18.3 Å². The van der Waals surface area contributed by atoms with Crippen molar-refractivity contribution in [3.05, 3.63) is 11.6 Å². The summed E-state index contributed by atoms with van der Waals surface area (Å²) in [6, 6.07) is 0.625. The van der Waals surface area contributed by atoms with Gasteiger partial charge in [0, 0.05) is 51.8 Å². The lowest BCUT2D eigenvalue weighted by Crippen LogP contribution is -2.53. The second-order valence-corrected chi connectivity index (χ2v) is 6.84. The van der Waals surface area contributed by atoms with Crippen molar-refractivity contribution >= 4 is 0 Å². The van der Waals surface area contributed by atoms with E-state index in [4.69, 9.17) is 4.74 Å². The maximum Gasteiger partial charge on any atom is 0.146 e. The van der Waals surface area contributed by atoms with Crippen molar-refractivity contribution in [2.24, 2.45) is 7.05 Å². The standard InChI is InChI=1S/C17H31N5O/c1-4-15-12-21(8-9-22(15)10-11-23-5-2)13-16-18-19-17(20(16)3)14-6-7-14/h14-15H,4-13H2,1-3H3/t15-/m1/s1. The van der Waals surface area contributed by atoms with Gasteiger partial charge in [0.25, 0.3) is 0 Å². The van der Waals surface area contributed by atoms with Crippen molar-refractivity contribution in [1.82, 2.24) is 24.6 Å². The molecule has 0 N–H and O–H groups in total. The molecule has 1 saturated heterocycles. The highest BCUT2D eigenvalue weighted by atomic mass is 16.5. The van der Waals surface area contributed by atoms with E-state index in [1.54, 1.807) is 0 Å². The molecule has 1 aliphatic carbocycles. The molecule has 1 aromatic heterocycles. The van der Waals surface area contributed by atoms with Crippen molar-refractivity contribution < 1.29 is 4.74 Å². The summed E-state index contributed by atoms with van der Waals surface area (Å²) in [5.74, 6) is 2.96. The third-order valence-electron chi connectivity index (χ3n) is 5.19. The minimum atomic E-state index is 0.625. The van der Waals surface area contributed by atoms with Crippen molar-refractivity contribution in [2.45, 2.75) is 51.6 Å². The van der Waals surface area contributed by atoms with Gasteiger partial charge in [-0.1, -0.05) is 6.92 Å². The molecule has 0 amide bonds. The van der Waals surface area contributed by atoms with E-state index in [0.29, 0.717) is 12.0 Å². The molecule has 1 saturated carbocycles. The molecular formula is C17H31N5O. The zero-order valence-electron chi connectivity index (χ0n) is 14.9. The molecule has 2 fully saturated rings. The summed E-state index contributed by atoms with van der Waals surface area (Å²) in [6.45, 7) is 11.3. The van der Waals surface area contributed by atoms with E-state index in [-0.39, 0.29) is 0 Å². The Kier molecular flexibility index (Phi) is 5.67. The SMILES string of the molecule is CCOCCN1CCN(Cc2nnc(C3CC3)n2C)C[C@H]1CC. The van der Waals surface area contributed by atoms with Crippen LogP contribution in [-0.4, -0.2) is 70.0 Å². The van der Waals surface area contributed by atoms with E-state index >= 15 is 0 Å². The normalized spacial score (nSPS) is 23.5. The number of hydrogen-bond acceptors (Lipinski definition) is 5. The van der Waals surface area contributed by atoms with Gasteiger partial charge < -0.3 is 9.30 Å². The highest BCUT2D eigenvalue weighted by Crippen LogP contribution is 2.38. The second-order valence-electron chi connectivity index (χ2n) is 6.84. The van der Waals surface area contributed by atoms with Crippen LogP contribution < -0.4 is 0 Å². The minimum Gasteiger partial charge on any atom is -0.380 e. The molecule has 1 aliphatic heterocycles. The quantitative estimate of drug-likeness (QED) is 0.681. The first-order valence-electron chi connectivity index (χ1n) is 9.15. The molecule has 1 atom stereocenters. The first-order valence-corrected chi connectivity index (χ1v) is 9.15. The van der Waals surface area contributed by atoms with Crippen LogP contribution in [0.5, 0.6) is 0 Å². The van der Waals surface area contributed by atoms with Crippen molar-refractivity contribution in [3.63, 3.8) is 0 Å². The zero-order valence-corrected chi connectivity index (χ0v) is 14.9. The maximum absolute atomic E-state index is 5.52. The molecule has 1 aromatic rings. The monoisotopic (exact) mass is 321 g/mol. The molecule has 2 heterocycles. The third-order valence-corrected chi connectivity index (χ3v) is 5.19. The maximum atomic E-state index is 5.52. The van der Waals surface area contributed by atoms with Crippen LogP contribution in [0.25, 0.3) is 0 Å². The fourth-order valence-electron chi connectivity index (χ4n) is 3.52. The van der Waals surface area contributed by atoms with E-state index in [0.717, 1.165) is 51.8 Å². The van der Waals surface area contributed by atoms with Gasteiger partial charge in [0.1, 0.15) is 11.6 Å². The van der Waals surface area contributed by atoms with E-state index < -0.39 is 0 Å². The minimum absolute atomic E-state index is 0.625. The van der Waals surface area contributed by atoms with Crippen LogP contribution >= 0.6 is 0 Å². The Labute approximate surface area is 139 Å². The van der Waals surface area contributed by atoms with Crippen molar-refractivity contribution in [2.75, 3.05) is 39.4 Å². The average Bonchev–Trinajstić information content (AvgIpc) is 3.34. The van der Waals surface area contributed by atoms with Crippen LogP contribution in [0.2, 0.25) is 0 Å². The number of nitrogens with zero attached hydrogens (tertiary/aromatic N) is 5. The van der Waals surface area contributed by atoms with E-state index in [9.17, 15) is 0 Å². The van der Waals surface area contributed by atoms with Gasteiger partial charge in [0.15, 0.2) is 0 Å². The predicted molar refractivity (Wildman–Crippen MR) is 90.4 cm³/mol. The summed E-state index contributed by atoms with van der Waals surface area (Å²) in [5, 5.41) is 8.85. The lowest BCUT2D eigenvalue weighted by molar-refractivity contribution is 0.0373. The average molecular weight is 321 g/mol. The molecule has 23 heavy (non-hydrogen) atoms. The summed E-state index contributed by atoms with van der Waals surface area (Å²) in [6.07, 6.45) is 3.75. The topological polar surface area (TPSA) is 46.4 Å². The third kappa shape index (κ3) is 4.11. The van der Waals surface area contributed by atoms with Gasteiger partial charge in [-0.2, -0.15) is 0 Å². The van der Waals surface area contributed by atoms with Gasteiger partial charge in [-0.3, -0.25) is 9.80 Å². The van der Waals surface area contributed by atoms with Crippen LogP contribution in [0.1, 0.15) is 50.7 Å². The summed E-state index contributed by atoms with van der Waals surface area (Å²) in [7, 11) is 2.12. The molecule has 6 heteroatoms. The number of aromatic nitrogens is 3. The fourth-order valence-corrected chi connectivity index (χ4v) is 3.52. The summed E-state index contributed by atoms with van der Waals surface area (Å²) in [5.41, 5.74) is 0. The van der Waals surface area contributed by atoms with Crippen molar-refractivity contribution in [1.29, 1.82) is 0 Å². The molecular weight excluding hydrogens is 290 g/mol. The van der Waals surface area contributed by atoms with Crippen LogP contribution in [0.15, 0.2) is 0 Å². The summed E-state index contributed by atoms with van der Waals surface area (Å²) >= 11 is 0. The summed E-state index contributed by atoms with van der Waals surface area (Å²) < 4.78 is 7.74. The number of hydrogen-bond donors (Lipinski definition) is 0. The van der Waals surface area contributed by atoms with Gasteiger partial charge >= 0.3 is 0 Å². The molecule has 0 spiro atoms. The zero-order chi connectivity index (χ0) is 16.2. The Morgan fingerprint density at radius 1 is 1.17 bits per heavy atom. The van der Waals surface area contributed by atoms with Crippen LogP contribution in [0.4, 0.5) is 0 Å². The molecule has 6 nitrogen and oxygen atoms in total. The molecule has 0 aromatic carbocycles. The van der Waals surface area contributed by atoms with E-state index in [1.165, 1.54) is 25.1 Å². The highest BCUT2D eigenvalue weighted by molar-refractivity contribution is 5.07. The van der Waals surface area contributed by atoms with Gasteiger partial charge in [0.2, 0.25) is 0 Å². The molecule has 0 radical (unpaired) electrons. The number of piperazine rings is 1. The lowest BCUT2D eigenvalue weighted by Gasteiger charge is -2.41. The Bertz CT molecular complexity index is 499. The van der Waals surface area contributed by atoms with E-state index in [1.807, 2.05) is 0 Å². The second kappa shape index (κ2) is 7.73. The molecule has 2 aliphatic rings. The van der Waals surface area contributed by atoms with Crippen LogP contribution in [0, 0.1) is 0 Å². The lowest BCUT2D eigenvalue weighted by atomic mass is 10.1. The Balaban J connectivity index is 1.53. The number of rotatable bonds is 8. The van der Waals surface area contributed by atoms with Gasteiger partial charge in [-0.15, -0.1) is 10.2 Å². The predicted octanol–water partition coefficient (Wildman–Crippen LogP) is 1.63. The number of ether oxygens (including phenoxy) is 1. The smallest absolute Gasteiger partial charge is 0.146 e. The first-order chi connectivity index (χ1) is 11.2. The molecule has 3 rings (SSSR count). The summed E-state index contributed by atoms with van der Waals surface area (Å²) in [4.78, 5) is 5.12. The Morgan fingerprint density at radius 2 is 2.00 bits per heavy atom.